The summed E-state index contributed by atoms with van der Waals surface area (Å²) >= 11 is 0. The molecule has 1 aliphatic heterocycles. The molecular formula is C64H91N7Na2O13S3. The van der Waals surface area contributed by atoms with Gasteiger partial charge in [-0.25, -0.2) is 31.4 Å². The van der Waals surface area contributed by atoms with Gasteiger partial charge < -0.3 is 50.9 Å². The normalized spacial score (nSPS) is 12.3. The Kier molecular flexibility index (Phi) is 37.3. The minimum absolute atomic E-state index is 0. The molecule has 4 amide bonds. The molecule has 0 spiro atoms. The number of urea groups is 2. The maximum absolute atomic E-state index is 13.3. The molecule has 1 aliphatic carbocycles. The van der Waals surface area contributed by atoms with Gasteiger partial charge in [-0.2, -0.15) is 12.1 Å². The summed E-state index contributed by atoms with van der Waals surface area (Å²) in [5.41, 5.74) is 13.0. The van der Waals surface area contributed by atoms with Gasteiger partial charge in [0.25, 0.3) is 0 Å². The number of rotatable bonds is 25. The summed E-state index contributed by atoms with van der Waals surface area (Å²) < 4.78 is 110. The third-order valence-corrected chi connectivity index (χ3v) is 17.2. The van der Waals surface area contributed by atoms with E-state index in [-0.39, 0.29) is 104 Å². The smallest absolute Gasteiger partial charge is 0.744 e. The molecule has 0 bridgehead atoms. The van der Waals surface area contributed by atoms with Gasteiger partial charge in [0.2, 0.25) is 11.0 Å². The maximum atomic E-state index is 13.3. The van der Waals surface area contributed by atoms with Gasteiger partial charge in [-0.15, -0.1) is 18.7 Å². The zero-order chi connectivity index (χ0) is 65.3. The van der Waals surface area contributed by atoms with Crippen LogP contribution in [0.1, 0.15) is 152 Å². The number of aryl methyl sites for hydroxylation is 4. The van der Waals surface area contributed by atoms with E-state index >= 15 is 0 Å². The number of hydrogen-bond donors (Lipinski definition) is 8. The standard InChI is InChI=1S/C55H69N6O9S2.C8H19N.CH4O.2Na.O3S/c1-11-15-19-38(13-3)30-56-54(62)60-52-34(7)25-32(5)50(36(52)9)58-40-23-24-41-45(27-40)70-46-29-44(48(72(67,68)69)28-43(46)49(41)42-21-17-18-22-47(42)71(64,65)66)59-51-33(6)26-35(8)53(37(51)10)61-55(63)57-31-39(14-4)20-16-12-2;1-3-5-6-8(4-2)7-9;1-2;;;1-4(2)3/h17-18,21-22,24-29,38-39,58H,11-16,19-20,30-31H2,1-10H3,(H2,56,60,62)(H2,57,61,63)(H,64,65,66)(H,67,68,69);8H,3-7,9H2,1-2H3;2H,1H3;;;/q-1;;;2*+1;/p-1. The van der Waals surface area contributed by atoms with Crippen LogP contribution < -0.4 is 102 Å². The molecule has 89 heavy (non-hydrogen) atoms. The van der Waals surface area contributed by atoms with Gasteiger partial charge >= 0.3 is 81.8 Å². The SMILES string of the molecule is CCCCC(CC)CN.CCCCC(CC)CNC(=O)Nc1c(C)cc(C)c(Nc2[c-]cc3c(-c4ccccc4S(=O)(=O)[O-])c4cc(S(=O)(=O)[O-])c(=[NH+]c5c(C)cc(C)c(NC(=O)NCC(CC)CCCC)c5C)cc-4oc3c2)c1C.CO.O=S(=O)=O.[Na+].[Na+]. The third kappa shape index (κ3) is 24.7. The zero-order valence-electron chi connectivity index (χ0n) is 54.8. The van der Waals surface area contributed by atoms with Crippen LogP contribution in [-0.4, -0.2) is 82.5 Å². The van der Waals surface area contributed by atoms with Gasteiger partial charge in [-0.05, 0) is 131 Å². The van der Waals surface area contributed by atoms with Crippen LogP contribution in [0.25, 0.3) is 33.4 Å². The number of amides is 4. The van der Waals surface area contributed by atoms with Crippen molar-refractivity contribution in [2.45, 2.75) is 170 Å². The Morgan fingerprint density at radius 1 is 0.640 bits per heavy atom. The first-order valence-electron chi connectivity index (χ1n) is 29.7. The monoisotopic (exact) mass is 1310 g/mol. The summed E-state index contributed by atoms with van der Waals surface area (Å²) in [5, 5.41) is 22.6. The van der Waals surface area contributed by atoms with Crippen LogP contribution in [-0.2, 0) is 30.8 Å². The van der Waals surface area contributed by atoms with Crippen molar-refractivity contribution >= 4 is 82.3 Å². The van der Waals surface area contributed by atoms with E-state index in [9.17, 15) is 35.5 Å². The second-order valence-electron chi connectivity index (χ2n) is 21.7. The number of unbranched alkanes of at least 4 members (excludes halogenated alkanes) is 3. The molecule has 20 nitrogen and oxygen atoms in total. The Hall–Kier alpha value is -4.73. The quantitative estimate of drug-likeness (QED) is 0.0159. The molecule has 0 aromatic heterocycles. The first-order chi connectivity index (χ1) is 41.2. The summed E-state index contributed by atoms with van der Waals surface area (Å²) in [6, 6.07) is 17.5. The van der Waals surface area contributed by atoms with Crippen LogP contribution in [0.3, 0.4) is 0 Å². The molecule has 480 valence electrons. The summed E-state index contributed by atoms with van der Waals surface area (Å²) in [6.07, 6.45) is 13.4. The predicted octanol–water partition coefficient (Wildman–Crippen LogP) is 5.17. The predicted molar refractivity (Wildman–Crippen MR) is 342 cm³/mol. The molecule has 9 N–H and O–H groups in total. The molecular weight excluding hydrogens is 1220 g/mol. The van der Waals surface area contributed by atoms with Crippen molar-refractivity contribution in [3.8, 4) is 22.5 Å². The van der Waals surface area contributed by atoms with Crippen molar-refractivity contribution < 1.29 is 122 Å². The van der Waals surface area contributed by atoms with Gasteiger partial charge in [0, 0.05) is 48.2 Å². The van der Waals surface area contributed by atoms with E-state index < -0.39 is 46.7 Å². The van der Waals surface area contributed by atoms with Crippen molar-refractivity contribution in [2.75, 3.05) is 42.7 Å². The van der Waals surface area contributed by atoms with Crippen LogP contribution in [0.2, 0.25) is 0 Å². The Morgan fingerprint density at radius 3 is 1.57 bits per heavy atom. The number of aliphatic hydroxyl groups is 1. The van der Waals surface area contributed by atoms with Crippen LogP contribution >= 0.6 is 0 Å². The summed E-state index contributed by atoms with van der Waals surface area (Å²) in [4.78, 5) is 28.4. The number of carbonyl (C=O) groups is 2. The first kappa shape index (κ1) is 82.3. The topological polar surface area (TPSA) is 333 Å². The van der Waals surface area contributed by atoms with Gasteiger partial charge in [-0.1, -0.05) is 140 Å². The van der Waals surface area contributed by atoms with Crippen LogP contribution in [0.5, 0.6) is 0 Å². The first-order valence-corrected chi connectivity index (χ1v) is 33.6. The van der Waals surface area contributed by atoms with Crippen molar-refractivity contribution in [3.63, 3.8) is 0 Å². The van der Waals surface area contributed by atoms with E-state index in [0.717, 1.165) is 105 Å². The molecule has 0 saturated carbocycles. The van der Waals surface area contributed by atoms with E-state index in [4.69, 9.17) is 27.9 Å². The molecule has 3 atom stereocenters. The summed E-state index contributed by atoms with van der Waals surface area (Å²) in [7, 11) is -12.5. The fourth-order valence-electron chi connectivity index (χ4n) is 10.5. The molecule has 3 unspecified atom stereocenters. The van der Waals surface area contributed by atoms with Crippen LogP contribution in [0.4, 0.5) is 38.0 Å². The molecule has 6 rings (SSSR count). The Bertz CT molecular complexity index is 3670. The number of anilines is 4. The molecule has 2 aliphatic rings. The van der Waals surface area contributed by atoms with Crippen molar-refractivity contribution in [1.82, 2.24) is 10.6 Å². The second-order valence-corrected chi connectivity index (χ2v) is 24.8. The molecule has 0 radical (unpaired) electrons. The molecule has 0 saturated heterocycles. The largest absolute Gasteiger partial charge is 1.00 e. The summed E-state index contributed by atoms with van der Waals surface area (Å²) in [5.74, 6) is 1.52. The van der Waals surface area contributed by atoms with Crippen LogP contribution in [0, 0.1) is 65.4 Å². The Morgan fingerprint density at radius 2 is 1.10 bits per heavy atom. The van der Waals surface area contributed by atoms with Crippen molar-refractivity contribution in [3.05, 3.63) is 105 Å². The van der Waals surface area contributed by atoms with Crippen LogP contribution in [0.15, 0.2) is 74.9 Å². The average molecular weight is 1310 g/mol. The number of fused-ring (bicyclic) bond motifs is 2. The average Bonchev–Trinajstić information content (AvgIpc) is 1.10. The number of nitrogens with two attached hydrogens (primary N) is 1. The Balaban J connectivity index is 0.00000208. The molecule has 1 heterocycles. The molecule has 25 heteroatoms. The number of nitrogens with one attached hydrogen (secondary N) is 6. The maximum Gasteiger partial charge on any atom is 1.00 e. The zero-order valence-corrected chi connectivity index (χ0v) is 61.2. The minimum Gasteiger partial charge on any atom is -0.744 e. The van der Waals surface area contributed by atoms with Crippen molar-refractivity contribution in [1.29, 1.82) is 0 Å². The second kappa shape index (κ2) is 40.3. The number of hydrogen-bond acceptors (Lipinski definition) is 15. The number of aliphatic hydroxyl groups excluding tert-OH is 1. The van der Waals surface area contributed by atoms with E-state index in [2.05, 4.69) is 79.2 Å². The number of benzene rings is 5. The van der Waals surface area contributed by atoms with E-state index in [1.54, 1.807) is 19.1 Å². The molecule has 4 aromatic carbocycles. The fraction of sp³-hybridized carbons (Fsp3) is 0.484. The van der Waals surface area contributed by atoms with Gasteiger partial charge in [0.15, 0.2) is 0 Å². The van der Waals surface area contributed by atoms with Gasteiger partial charge in [0.1, 0.15) is 30.9 Å². The van der Waals surface area contributed by atoms with Crippen molar-refractivity contribution in [2.24, 2.45) is 23.5 Å². The van der Waals surface area contributed by atoms with Gasteiger partial charge in [-0.3, -0.25) is 0 Å². The van der Waals surface area contributed by atoms with Gasteiger partial charge in [0.05, 0.1) is 22.3 Å². The Labute approximate surface area is 573 Å². The molecule has 0 fully saturated rings. The fourth-order valence-corrected chi connectivity index (χ4v) is 11.8. The molecule has 4 aromatic rings. The third-order valence-electron chi connectivity index (χ3n) is 15.5. The number of carbonyl (C=O) groups excluding carboxylic acids is 2. The van der Waals surface area contributed by atoms with E-state index in [0.29, 0.717) is 64.5 Å². The summed E-state index contributed by atoms with van der Waals surface area (Å²) in [6.45, 7) is 26.0. The van der Waals surface area contributed by atoms with E-state index in [1.165, 1.54) is 49.9 Å². The van der Waals surface area contributed by atoms with E-state index in [1.807, 2.05) is 46.8 Å². The minimum atomic E-state index is -5.26.